The Morgan fingerprint density at radius 3 is 2.09 bits per heavy atom. The minimum Gasteiger partial charge on any atom is -0.352 e. The van der Waals surface area contributed by atoms with Gasteiger partial charge in [-0.05, 0) is 50.3 Å². The number of fused-ring (bicyclic) bond motifs is 1. The Morgan fingerprint density at radius 2 is 1.51 bits per heavy atom. The van der Waals surface area contributed by atoms with Crippen LogP contribution < -0.4 is 5.32 Å². The van der Waals surface area contributed by atoms with Gasteiger partial charge in [0.1, 0.15) is 6.04 Å². The first-order valence-corrected chi connectivity index (χ1v) is 12.5. The highest BCUT2D eigenvalue weighted by Crippen LogP contribution is 2.23. The number of rotatable bonds is 12. The van der Waals surface area contributed by atoms with Crippen LogP contribution in [0.1, 0.15) is 72.7 Å². The van der Waals surface area contributed by atoms with Crippen LogP contribution in [0.3, 0.4) is 0 Å². The summed E-state index contributed by atoms with van der Waals surface area (Å²) >= 11 is 0. The quantitative estimate of drug-likeness (QED) is 0.471. The first-order chi connectivity index (χ1) is 16.9. The third-order valence-electron chi connectivity index (χ3n) is 6.52. The van der Waals surface area contributed by atoms with Crippen molar-refractivity contribution in [1.82, 2.24) is 15.1 Å². The van der Waals surface area contributed by atoms with E-state index >= 15 is 0 Å². The van der Waals surface area contributed by atoms with Crippen LogP contribution in [-0.2, 0) is 16.0 Å². The second-order valence-corrected chi connectivity index (χ2v) is 8.98. The van der Waals surface area contributed by atoms with E-state index < -0.39 is 6.04 Å². The van der Waals surface area contributed by atoms with Crippen LogP contribution in [0.5, 0.6) is 0 Å². The summed E-state index contributed by atoms with van der Waals surface area (Å²) < 4.78 is 0. The molecular weight excluding hydrogens is 442 g/mol. The van der Waals surface area contributed by atoms with E-state index in [0.717, 1.165) is 12.0 Å². The van der Waals surface area contributed by atoms with Crippen molar-refractivity contribution in [1.29, 1.82) is 0 Å². The highest BCUT2D eigenvalue weighted by molar-refractivity contribution is 6.21. The van der Waals surface area contributed by atoms with Gasteiger partial charge in [0.25, 0.3) is 11.8 Å². The molecule has 2 aromatic rings. The molecule has 0 saturated heterocycles. The van der Waals surface area contributed by atoms with Gasteiger partial charge in [-0.1, -0.05) is 56.3 Å². The highest BCUT2D eigenvalue weighted by atomic mass is 16.2. The molecule has 3 rings (SSSR count). The van der Waals surface area contributed by atoms with Gasteiger partial charge in [-0.15, -0.1) is 0 Å². The first-order valence-electron chi connectivity index (χ1n) is 12.5. The maximum Gasteiger partial charge on any atom is 0.261 e. The number of carbonyl (C=O) groups is 4. The number of imide groups is 1. The van der Waals surface area contributed by atoms with Gasteiger partial charge in [-0.2, -0.15) is 0 Å². The molecule has 1 heterocycles. The van der Waals surface area contributed by atoms with Crippen molar-refractivity contribution in [3.05, 3.63) is 71.3 Å². The van der Waals surface area contributed by atoms with Crippen molar-refractivity contribution in [3.8, 4) is 0 Å². The van der Waals surface area contributed by atoms with Crippen molar-refractivity contribution in [2.24, 2.45) is 0 Å². The van der Waals surface area contributed by atoms with Gasteiger partial charge in [0, 0.05) is 25.6 Å². The Labute approximate surface area is 207 Å². The monoisotopic (exact) mass is 477 g/mol. The minimum absolute atomic E-state index is 0.0245. The summed E-state index contributed by atoms with van der Waals surface area (Å²) in [5.41, 5.74) is 1.90. The van der Waals surface area contributed by atoms with Crippen LogP contribution in [-0.4, -0.2) is 58.6 Å². The molecule has 1 aliphatic heterocycles. The summed E-state index contributed by atoms with van der Waals surface area (Å²) in [4.78, 5) is 54.4. The van der Waals surface area contributed by atoms with Crippen LogP contribution in [0.4, 0.5) is 0 Å². The molecule has 35 heavy (non-hydrogen) atoms. The predicted octanol–water partition coefficient (Wildman–Crippen LogP) is 3.83. The first kappa shape index (κ1) is 26.1. The number of amides is 4. The number of hydrogen-bond donors (Lipinski definition) is 1. The maximum absolute atomic E-state index is 13.3. The lowest BCUT2D eigenvalue weighted by molar-refractivity contribution is -0.141. The average Bonchev–Trinajstić information content (AvgIpc) is 3.11. The lowest BCUT2D eigenvalue weighted by Gasteiger charge is -2.31. The molecule has 2 atom stereocenters. The molecule has 186 valence electrons. The number of benzene rings is 2. The number of nitrogens with zero attached hydrogens (tertiary/aromatic N) is 2. The topological polar surface area (TPSA) is 86.8 Å². The molecule has 0 saturated carbocycles. The van der Waals surface area contributed by atoms with Gasteiger partial charge in [-0.25, -0.2) is 0 Å². The van der Waals surface area contributed by atoms with Gasteiger partial charge >= 0.3 is 0 Å². The van der Waals surface area contributed by atoms with E-state index in [9.17, 15) is 19.2 Å². The largest absolute Gasteiger partial charge is 0.352 e. The van der Waals surface area contributed by atoms with Gasteiger partial charge in [0.05, 0.1) is 11.1 Å². The fraction of sp³-hybridized carbons (Fsp3) is 0.429. The molecule has 0 radical (unpaired) electrons. The highest BCUT2D eigenvalue weighted by Gasteiger charge is 2.35. The van der Waals surface area contributed by atoms with Crippen LogP contribution in [0.15, 0.2) is 54.6 Å². The molecule has 2 aromatic carbocycles. The molecule has 0 fully saturated rings. The summed E-state index contributed by atoms with van der Waals surface area (Å²) in [5, 5.41) is 3.01. The number of hydrogen-bond acceptors (Lipinski definition) is 4. The summed E-state index contributed by atoms with van der Waals surface area (Å²) in [6, 6.07) is 16.1. The minimum atomic E-state index is -0.570. The van der Waals surface area contributed by atoms with Crippen LogP contribution >= 0.6 is 0 Å². The normalized spacial score (nSPS) is 14.4. The van der Waals surface area contributed by atoms with E-state index in [2.05, 4.69) is 5.32 Å². The molecule has 1 aliphatic rings. The fourth-order valence-corrected chi connectivity index (χ4v) is 4.31. The Kier molecular flexibility index (Phi) is 9.18. The smallest absolute Gasteiger partial charge is 0.261 e. The zero-order chi connectivity index (χ0) is 25.4. The van der Waals surface area contributed by atoms with E-state index in [-0.39, 0.29) is 42.6 Å². The number of nitrogens with one attached hydrogen (secondary N) is 1. The lowest BCUT2D eigenvalue weighted by Crippen LogP contribution is -2.51. The molecule has 1 N–H and O–H groups in total. The van der Waals surface area contributed by atoms with Crippen LogP contribution in [0, 0.1) is 0 Å². The second kappa shape index (κ2) is 12.3. The zero-order valence-electron chi connectivity index (χ0n) is 20.8. The van der Waals surface area contributed by atoms with Gasteiger partial charge in [0.2, 0.25) is 11.8 Å². The standard InChI is InChI=1S/C28H35N3O4/c1-4-20(3)29-26(33)24(5-2)30(19-17-21-12-7-6-8-13-21)25(32)16-11-18-31-27(34)22-14-9-10-15-23(22)28(31)35/h6-10,12-15,20,24H,4-5,11,16-19H2,1-3H3,(H,29,33)/t20-,24-/m1/s1. The third-order valence-corrected chi connectivity index (χ3v) is 6.52. The van der Waals surface area contributed by atoms with E-state index in [4.69, 9.17) is 0 Å². The molecule has 0 bridgehead atoms. The van der Waals surface area contributed by atoms with Gasteiger partial charge < -0.3 is 10.2 Å². The number of carbonyl (C=O) groups excluding carboxylic acids is 4. The molecule has 4 amide bonds. The molecular formula is C28H35N3O4. The zero-order valence-corrected chi connectivity index (χ0v) is 20.8. The molecule has 7 nitrogen and oxygen atoms in total. The molecule has 0 spiro atoms. The van der Waals surface area contributed by atoms with E-state index in [0.29, 0.717) is 36.9 Å². The Morgan fingerprint density at radius 1 is 0.914 bits per heavy atom. The van der Waals surface area contributed by atoms with Crippen molar-refractivity contribution in [2.45, 2.75) is 65.0 Å². The van der Waals surface area contributed by atoms with E-state index in [1.165, 1.54) is 4.90 Å². The lowest BCUT2D eigenvalue weighted by atomic mass is 10.1. The molecule has 7 heteroatoms. The second-order valence-electron chi connectivity index (χ2n) is 8.98. The summed E-state index contributed by atoms with van der Waals surface area (Å²) in [6.07, 6.45) is 2.44. The van der Waals surface area contributed by atoms with Gasteiger partial charge in [-0.3, -0.25) is 24.1 Å². The SMILES string of the molecule is CC[C@@H](C)NC(=O)[C@@H](CC)N(CCc1ccccc1)C(=O)CCCN1C(=O)c2ccccc2C1=O. The molecule has 0 aromatic heterocycles. The summed E-state index contributed by atoms with van der Waals surface area (Å²) in [7, 11) is 0. The average molecular weight is 478 g/mol. The Hall–Kier alpha value is -3.48. The molecule has 0 unspecified atom stereocenters. The fourth-order valence-electron chi connectivity index (χ4n) is 4.31. The maximum atomic E-state index is 13.3. The Balaban J connectivity index is 1.66. The van der Waals surface area contributed by atoms with Crippen molar-refractivity contribution >= 4 is 23.6 Å². The molecule has 0 aliphatic carbocycles. The van der Waals surface area contributed by atoms with Crippen molar-refractivity contribution in [3.63, 3.8) is 0 Å². The predicted molar refractivity (Wildman–Crippen MR) is 135 cm³/mol. The summed E-state index contributed by atoms with van der Waals surface area (Å²) in [6.45, 7) is 6.44. The van der Waals surface area contributed by atoms with E-state index in [1.807, 2.05) is 51.1 Å². The third kappa shape index (κ3) is 6.35. The Bertz CT molecular complexity index is 1020. The van der Waals surface area contributed by atoms with Crippen molar-refractivity contribution in [2.75, 3.05) is 13.1 Å². The summed E-state index contributed by atoms with van der Waals surface area (Å²) in [5.74, 6) is -0.941. The van der Waals surface area contributed by atoms with Crippen molar-refractivity contribution < 1.29 is 19.2 Å². The van der Waals surface area contributed by atoms with Gasteiger partial charge in [0.15, 0.2) is 0 Å². The van der Waals surface area contributed by atoms with Crippen LogP contribution in [0.2, 0.25) is 0 Å². The van der Waals surface area contributed by atoms with E-state index in [1.54, 1.807) is 29.2 Å². The van der Waals surface area contributed by atoms with Crippen LogP contribution in [0.25, 0.3) is 0 Å².